The van der Waals surface area contributed by atoms with E-state index in [1.165, 1.54) is 0 Å². The molecule has 1 aliphatic heterocycles. The largest absolute Gasteiger partial charge is 0.366 e. The smallest absolute Gasteiger partial charge is 0.324 e. The fourth-order valence-electron chi connectivity index (χ4n) is 2.56. The van der Waals surface area contributed by atoms with Crippen LogP contribution >= 0.6 is 0 Å². The van der Waals surface area contributed by atoms with Gasteiger partial charge in [0.2, 0.25) is 0 Å². The van der Waals surface area contributed by atoms with Crippen molar-refractivity contribution in [1.82, 2.24) is 15.1 Å². The van der Waals surface area contributed by atoms with Gasteiger partial charge in [0.25, 0.3) is 0 Å². The number of rotatable bonds is 5. The van der Waals surface area contributed by atoms with Crippen LogP contribution in [0.25, 0.3) is 0 Å². The number of nitrogens with zero attached hydrogens (tertiary/aromatic N) is 4. The highest BCUT2D eigenvalue weighted by molar-refractivity contribution is 5.94. The Kier molecular flexibility index (Phi) is 4.50. The van der Waals surface area contributed by atoms with Crippen LogP contribution in [0.4, 0.5) is 27.8 Å². The second-order valence-electron chi connectivity index (χ2n) is 6.13. The number of carbonyl (C=O) groups is 1. The Morgan fingerprint density at radius 1 is 1.08 bits per heavy atom. The minimum absolute atomic E-state index is 0.0241. The molecule has 0 saturated carbocycles. The van der Waals surface area contributed by atoms with Crippen molar-refractivity contribution in [3.8, 4) is 0 Å². The fraction of sp³-hybridized carbons (Fsp3) is 0.353. The molecule has 0 spiro atoms. The number of nitrogens with one attached hydrogen (secondary N) is 2. The summed E-state index contributed by atoms with van der Waals surface area (Å²) >= 11 is 0. The SMILES string of the molecule is CC(C)Nc1ccc(Nc2cccc(N3CCN(C)C3=O)c2)nn1. The maximum Gasteiger partial charge on any atom is 0.324 e. The van der Waals surface area contributed by atoms with E-state index >= 15 is 0 Å². The molecule has 1 saturated heterocycles. The number of benzene rings is 1. The van der Waals surface area contributed by atoms with Crippen molar-refractivity contribution < 1.29 is 4.79 Å². The third kappa shape index (κ3) is 3.56. The minimum Gasteiger partial charge on any atom is -0.366 e. The van der Waals surface area contributed by atoms with Crippen LogP contribution in [0, 0.1) is 0 Å². The monoisotopic (exact) mass is 326 g/mol. The summed E-state index contributed by atoms with van der Waals surface area (Å²) in [6.45, 7) is 5.55. The average molecular weight is 326 g/mol. The van der Waals surface area contributed by atoms with Gasteiger partial charge in [-0.15, -0.1) is 10.2 Å². The summed E-state index contributed by atoms with van der Waals surface area (Å²) in [4.78, 5) is 15.6. The van der Waals surface area contributed by atoms with Gasteiger partial charge < -0.3 is 15.5 Å². The standard InChI is InChI=1S/C17H22N6O/c1-12(2)18-15-7-8-16(21-20-15)19-13-5-4-6-14(11-13)23-10-9-22(3)17(23)24/h4-8,11-12H,9-10H2,1-3H3,(H,18,20)(H,19,21). The van der Waals surface area contributed by atoms with E-state index in [1.807, 2.05) is 43.4 Å². The van der Waals surface area contributed by atoms with E-state index in [-0.39, 0.29) is 6.03 Å². The number of anilines is 4. The Labute approximate surface area is 141 Å². The predicted molar refractivity (Wildman–Crippen MR) is 95.9 cm³/mol. The number of likely N-dealkylation sites (N-methyl/N-ethyl adjacent to an activating group) is 1. The molecule has 0 radical (unpaired) electrons. The lowest BCUT2D eigenvalue weighted by Crippen LogP contribution is -2.29. The Morgan fingerprint density at radius 2 is 1.83 bits per heavy atom. The zero-order valence-corrected chi connectivity index (χ0v) is 14.2. The minimum atomic E-state index is 0.0241. The molecule has 3 rings (SSSR count). The van der Waals surface area contributed by atoms with Crippen LogP contribution in [-0.4, -0.2) is 47.3 Å². The fourth-order valence-corrected chi connectivity index (χ4v) is 2.56. The molecule has 1 fully saturated rings. The van der Waals surface area contributed by atoms with E-state index in [0.29, 0.717) is 18.4 Å². The lowest BCUT2D eigenvalue weighted by Gasteiger charge is -2.17. The predicted octanol–water partition coefficient (Wildman–Crippen LogP) is 2.91. The van der Waals surface area contributed by atoms with Gasteiger partial charge in [0.15, 0.2) is 5.82 Å². The van der Waals surface area contributed by atoms with E-state index < -0.39 is 0 Å². The summed E-state index contributed by atoms with van der Waals surface area (Å²) in [7, 11) is 1.81. The van der Waals surface area contributed by atoms with Gasteiger partial charge in [-0.3, -0.25) is 4.90 Å². The summed E-state index contributed by atoms with van der Waals surface area (Å²) in [5.74, 6) is 1.40. The van der Waals surface area contributed by atoms with Crippen molar-refractivity contribution in [1.29, 1.82) is 0 Å². The molecule has 7 nitrogen and oxygen atoms in total. The Hall–Kier alpha value is -2.83. The molecule has 0 aliphatic carbocycles. The van der Waals surface area contributed by atoms with Gasteiger partial charge in [0.1, 0.15) is 5.82 Å². The molecule has 2 N–H and O–H groups in total. The van der Waals surface area contributed by atoms with Crippen LogP contribution in [-0.2, 0) is 0 Å². The molecular weight excluding hydrogens is 304 g/mol. The molecular formula is C17H22N6O. The van der Waals surface area contributed by atoms with Crippen molar-refractivity contribution in [2.45, 2.75) is 19.9 Å². The van der Waals surface area contributed by atoms with Crippen molar-refractivity contribution >= 4 is 29.0 Å². The molecule has 1 aromatic heterocycles. The first-order chi connectivity index (χ1) is 11.5. The van der Waals surface area contributed by atoms with Gasteiger partial charge in [0.05, 0.1) is 0 Å². The van der Waals surface area contributed by atoms with E-state index in [4.69, 9.17) is 0 Å². The number of hydrogen-bond donors (Lipinski definition) is 2. The molecule has 0 bridgehead atoms. The number of amides is 2. The van der Waals surface area contributed by atoms with Gasteiger partial charge >= 0.3 is 6.03 Å². The third-order valence-corrected chi connectivity index (χ3v) is 3.75. The molecule has 1 aromatic carbocycles. The summed E-state index contributed by atoms with van der Waals surface area (Å²) in [6, 6.07) is 11.8. The zero-order valence-electron chi connectivity index (χ0n) is 14.2. The number of urea groups is 1. The molecule has 2 amide bonds. The van der Waals surface area contributed by atoms with E-state index in [0.717, 1.165) is 23.7 Å². The molecule has 24 heavy (non-hydrogen) atoms. The summed E-state index contributed by atoms with van der Waals surface area (Å²) in [5, 5.41) is 14.7. The Morgan fingerprint density at radius 3 is 2.46 bits per heavy atom. The normalized spacial score (nSPS) is 14.4. The topological polar surface area (TPSA) is 73.4 Å². The molecule has 2 heterocycles. The maximum atomic E-state index is 12.1. The van der Waals surface area contributed by atoms with Crippen LogP contribution in [0.1, 0.15) is 13.8 Å². The van der Waals surface area contributed by atoms with Gasteiger partial charge in [-0.05, 0) is 44.2 Å². The highest BCUT2D eigenvalue weighted by Gasteiger charge is 2.26. The van der Waals surface area contributed by atoms with Gasteiger partial charge in [-0.25, -0.2) is 4.79 Å². The quantitative estimate of drug-likeness (QED) is 0.884. The molecule has 0 unspecified atom stereocenters. The highest BCUT2D eigenvalue weighted by Crippen LogP contribution is 2.24. The van der Waals surface area contributed by atoms with Crippen LogP contribution in [0.15, 0.2) is 36.4 Å². The summed E-state index contributed by atoms with van der Waals surface area (Å²) < 4.78 is 0. The van der Waals surface area contributed by atoms with Crippen LogP contribution in [0.3, 0.4) is 0 Å². The maximum absolute atomic E-state index is 12.1. The molecule has 2 aromatic rings. The number of carbonyl (C=O) groups excluding carboxylic acids is 1. The summed E-state index contributed by atoms with van der Waals surface area (Å²) in [6.07, 6.45) is 0. The average Bonchev–Trinajstić information content (AvgIpc) is 2.89. The lowest BCUT2D eigenvalue weighted by molar-refractivity contribution is 0.229. The molecule has 0 atom stereocenters. The second-order valence-corrected chi connectivity index (χ2v) is 6.13. The number of aromatic nitrogens is 2. The van der Waals surface area contributed by atoms with Crippen molar-refractivity contribution in [3.05, 3.63) is 36.4 Å². The molecule has 126 valence electrons. The van der Waals surface area contributed by atoms with E-state index in [2.05, 4.69) is 34.7 Å². The Balaban J connectivity index is 1.72. The van der Waals surface area contributed by atoms with Gasteiger partial charge in [0, 0.05) is 37.6 Å². The van der Waals surface area contributed by atoms with Crippen LogP contribution in [0.5, 0.6) is 0 Å². The van der Waals surface area contributed by atoms with E-state index in [9.17, 15) is 4.79 Å². The van der Waals surface area contributed by atoms with E-state index in [1.54, 1.807) is 9.80 Å². The van der Waals surface area contributed by atoms with Gasteiger partial charge in [-0.2, -0.15) is 0 Å². The van der Waals surface area contributed by atoms with Gasteiger partial charge in [-0.1, -0.05) is 6.07 Å². The van der Waals surface area contributed by atoms with Crippen molar-refractivity contribution in [3.63, 3.8) is 0 Å². The lowest BCUT2D eigenvalue weighted by atomic mass is 10.2. The second kappa shape index (κ2) is 6.74. The number of hydrogen-bond acceptors (Lipinski definition) is 5. The van der Waals surface area contributed by atoms with Crippen LogP contribution in [0.2, 0.25) is 0 Å². The van der Waals surface area contributed by atoms with Crippen molar-refractivity contribution in [2.24, 2.45) is 0 Å². The molecule has 7 heteroatoms. The first-order valence-corrected chi connectivity index (χ1v) is 8.03. The third-order valence-electron chi connectivity index (χ3n) is 3.75. The Bertz CT molecular complexity index is 715. The zero-order chi connectivity index (χ0) is 17.1. The first-order valence-electron chi connectivity index (χ1n) is 8.03. The van der Waals surface area contributed by atoms with Crippen LogP contribution < -0.4 is 15.5 Å². The highest BCUT2D eigenvalue weighted by atomic mass is 16.2. The first kappa shape index (κ1) is 16.0. The summed E-state index contributed by atoms with van der Waals surface area (Å²) in [5.41, 5.74) is 1.74. The van der Waals surface area contributed by atoms with Crippen molar-refractivity contribution in [2.75, 3.05) is 35.7 Å². The molecule has 1 aliphatic rings.